The first-order valence-electron chi connectivity index (χ1n) is 7.20. The largest absolute Gasteiger partial charge is 0.355 e. The first-order valence-corrected chi connectivity index (χ1v) is 7.20. The Hall–Kier alpha value is -1.53. The van der Waals surface area contributed by atoms with Crippen molar-refractivity contribution in [3.63, 3.8) is 0 Å². The Morgan fingerprint density at radius 3 is 2.81 bits per heavy atom. The average molecular weight is 297 g/mol. The zero-order chi connectivity index (χ0) is 15.3. The zero-order valence-corrected chi connectivity index (χ0v) is 12.1. The van der Waals surface area contributed by atoms with Crippen LogP contribution in [0.4, 0.5) is 8.78 Å². The molecule has 2 N–H and O–H groups in total. The van der Waals surface area contributed by atoms with Crippen LogP contribution in [0.1, 0.15) is 12.5 Å². The van der Waals surface area contributed by atoms with E-state index in [0.717, 1.165) is 0 Å². The summed E-state index contributed by atoms with van der Waals surface area (Å²) >= 11 is 0. The van der Waals surface area contributed by atoms with E-state index in [1.165, 1.54) is 12.1 Å². The summed E-state index contributed by atoms with van der Waals surface area (Å²) in [4.78, 5) is 13.6. The van der Waals surface area contributed by atoms with Crippen molar-refractivity contribution >= 4 is 5.91 Å². The SMILES string of the molecule is CCNC(=O)C1CNCCN1CC(F)(F)c1ccccc1. The van der Waals surface area contributed by atoms with Crippen LogP contribution in [-0.4, -0.2) is 49.6 Å². The third-order valence-electron chi connectivity index (χ3n) is 3.61. The second-order valence-electron chi connectivity index (χ2n) is 5.16. The number of hydrogen-bond donors (Lipinski definition) is 2. The van der Waals surface area contributed by atoms with Crippen molar-refractivity contribution in [3.05, 3.63) is 35.9 Å². The number of benzene rings is 1. The summed E-state index contributed by atoms with van der Waals surface area (Å²) in [5.74, 6) is -3.17. The molecule has 0 saturated carbocycles. The number of hydrogen-bond acceptors (Lipinski definition) is 3. The molecule has 1 aliphatic rings. The van der Waals surface area contributed by atoms with Crippen molar-refractivity contribution in [2.45, 2.75) is 18.9 Å². The van der Waals surface area contributed by atoms with E-state index >= 15 is 0 Å². The third kappa shape index (κ3) is 3.98. The number of alkyl halides is 2. The van der Waals surface area contributed by atoms with Crippen LogP contribution >= 0.6 is 0 Å². The van der Waals surface area contributed by atoms with E-state index in [1.807, 2.05) is 6.92 Å². The van der Waals surface area contributed by atoms with Crippen molar-refractivity contribution in [1.29, 1.82) is 0 Å². The Balaban J connectivity index is 2.09. The van der Waals surface area contributed by atoms with Crippen LogP contribution in [-0.2, 0) is 10.7 Å². The van der Waals surface area contributed by atoms with E-state index in [0.29, 0.717) is 26.2 Å². The highest BCUT2D eigenvalue weighted by molar-refractivity contribution is 5.82. The second kappa shape index (κ2) is 6.95. The average Bonchev–Trinajstić information content (AvgIpc) is 2.48. The summed E-state index contributed by atoms with van der Waals surface area (Å²) in [6.07, 6.45) is 0. The molecule has 0 radical (unpaired) electrons. The van der Waals surface area contributed by atoms with Crippen molar-refractivity contribution in [2.75, 3.05) is 32.7 Å². The summed E-state index contributed by atoms with van der Waals surface area (Å²) < 4.78 is 28.7. The third-order valence-corrected chi connectivity index (χ3v) is 3.61. The lowest BCUT2D eigenvalue weighted by Crippen LogP contribution is -2.59. The minimum Gasteiger partial charge on any atom is -0.355 e. The van der Waals surface area contributed by atoms with Crippen molar-refractivity contribution in [2.24, 2.45) is 0 Å². The second-order valence-corrected chi connectivity index (χ2v) is 5.16. The fourth-order valence-electron chi connectivity index (χ4n) is 2.51. The van der Waals surface area contributed by atoms with Gasteiger partial charge in [-0.1, -0.05) is 30.3 Å². The molecule has 0 aromatic heterocycles. The van der Waals surface area contributed by atoms with Crippen LogP contribution < -0.4 is 10.6 Å². The minimum absolute atomic E-state index is 0.0156. The molecular formula is C15H21F2N3O. The van der Waals surface area contributed by atoms with Crippen molar-refractivity contribution in [3.8, 4) is 0 Å². The molecule has 1 heterocycles. The molecule has 6 heteroatoms. The minimum atomic E-state index is -2.97. The molecule has 0 aliphatic carbocycles. The van der Waals surface area contributed by atoms with E-state index in [1.54, 1.807) is 23.1 Å². The molecule has 1 atom stereocenters. The number of nitrogens with one attached hydrogen (secondary N) is 2. The number of amides is 1. The van der Waals surface area contributed by atoms with Gasteiger partial charge in [0, 0.05) is 31.7 Å². The van der Waals surface area contributed by atoms with Crippen LogP contribution in [0.25, 0.3) is 0 Å². The van der Waals surface area contributed by atoms with Crippen molar-refractivity contribution < 1.29 is 13.6 Å². The summed E-state index contributed by atoms with van der Waals surface area (Å²) in [5, 5.41) is 5.79. The van der Waals surface area contributed by atoms with Crippen LogP contribution in [0.5, 0.6) is 0 Å². The van der Waals surface area contributed by atoms with Crippen LogP contribution in [0, 0.1) is 0 Å². The number of halogens is 2. The molecule has 1 aromatic carbocycles. The molecule has 1 aromatic rings. The van der Waals surface area contributed by atoms with E-state index in [4.69, 9.17) is 0 Å². The van der Waals surface area contributed by atoms with Crippen LogP contribution in [0.3, 0.4) is 0 Å². The summed E-state index contributed by atoms with van der Waals surface area (Å²) in [5.41, 5.74) is -0.0156. The molecule has 4 nitrogen and oxygen atoms in total. The number of rotatable bonds is 5. The molecule has 0 bridgehead atoms. The lowest BCUT2D eigenvalue weighted by molar-refractivity contribution is -0.129. The van der Waals surface area contributed by atoms with Gasteiger partial charge in [0.05, 0.1) is 6.54 Å². The van der Waals surface area contributed by atoms with Gasteiger partial charge in [-0.3, -0.25) is 9.69 Å². The van der Waals surface area contributed by atoms with E-state index in [9.17, 15) is 13.6 Å². The molecular weight excluding hydrogens is 276 g/mol. The van der Waals surface area contributed by atoms with Crippen LogP contribution in [0.2, 0.25) is 0 Å². The Bertz CT molecular complexity index is 467. The summed E-state index contributed by atoms with van der Waals surface area (Å²) in [6, 6.07) is 7.20. The van der Waals surface area contributed by atoms with E-state index < -0.39 is 18.5 Å². The molecule has 1 fully saturated rings. The first kappa shape index (κ1) is 15.9. The monoisotopic (exact) mass is 297 g/mol. The fraction of sp³-hybridized carbons (Fsp3) is 0.533. The normalized spacial score (nSPS) is 20.2. The Kier molecular flexibility index (Phi) is 5.25. The Morgan fingerprint density at radius 2 is 2.14 bits per heavy atom. The quantitative estimate of drug-likeness (QED) is 0.858. The molecule has 0 spiro atoms. The van der Waals surface area contributed by atoms with Gasteiger partial charge in [-0.05, 0) is 6.92 Å². The van der Waals surface area contributed by atoms with Gasteiger partial charge in [-0.25, -0.2) is 0 Å². The molecule has 116 valence electrons. The number of carbonyl (C=O) groups excluding carboxylic acids is 1. The molecule has 1 unspecified atom stereocenters. The zero-order valence-electron chi connectivity index (χ0n) is 12.1. The summed E-state index contributed by atoms with van der Waals surface area (Å²) in [7, 11) is 0. The maximum atomic E-state index is 14.4. The number of likely N-dealkylation sites (N-methyl/N-ethyl adjacent to an activating group) is 1. The predicted molar refractivity (Wildman–Crippen MR) is 77.3 cm³/mol. The van der Waals surface area contributed by atoms with Gasteiger partial charge in [-0.2, -0.15) is 8.78 Å². The highest BCUT2D eigenvalue weighted by Crippen LogP contribution is 2.29. The van der Waals surface area contributed by atoms with Gasteiger partial charge >= 0.3 is 0 Å². The smallest absolute Gasteiger partial charge is 0.285 e. The number of nitrogens with zero attached hydrogens (tertiary/aromatic N) is 1. The number of carbonyl (C=O) groups is 1. The highest BCUT2D eigenvalue weighted by atomic mass is 19.3. The Labute approximate surface area is 123 Å². The molecule has 1 amide bonds. The maximum absolute atomic E-state index is 14.4. The van der Waals surface area contributed by atoms with Gasteiger partial charge < -0.3 is 10.6 Å². The lowest BCUT2D eigenvalue weighted by Gasteiger charge is -2.37. The first-order chi connectivity index (χ1) is 10.0. The van der Waals surface area contributed by atoms with Gasteiger partial charge in [0.25, 0.3) is 5.92 Å². The molecule has 1 aliphatic heterocycles. The highest BCUT2D eigenvalue weighted by Gasteiger charge is 2.38. The molecule has 21 heavy (non-hydrogen) atoms. The number of piperazine rings is 1. The predicted octanol–water partition coefficient (Wildman–Crippen LogP) is 1.19. The standard InChI is InChI=1S/C15H21F2N3O/c1-2-19-14(21)13-10-18-8-9-20(13)11-15(16,17)12-6-4-3-5-7-12/h3-7,13,18H,2,8-11H2,1H3,(H,19,21). The molecule has 1 saturated heterocycles. The van der Waals surface area contributed by atoms with Gasteiger partial charge in [0.1, 0.15) is 6.04 Å². The van der Waals surface area contributed by atoms with E-state index in [-0.39, 0.29) is 11.5 Å². The fourth-order valence-corrected chi connectivity index (χ4v) is 2.51. The maximum Gasteiger partial charge on any atom is 0.285 e. The van der Waals surface area contributed by atoms with E-state index in [2.05, 4.69) is 10.6 Å². The molecule has 2 rings (SSSR count). The van der Waals surface area contributed by atoms with Crippen LogP contribution in [0.15, 0.2) is 30.3 Å². The van der Waals surface area contributed by atoms with Gasteiger partial charge in [0.15, 0.2) is 0 Å². The van der Waals surface area contributed by atoms with Gasteiger partial charge in [0.2, 0.25) is 5.91 Å². The Morgan fingerprint density at radius 1 is 1.43 bits per heavy atom. The lowest BCUT2D eigenvalue weighted by atomic mass is 10.1. The van der Waals surface area contributed by atoms with Gasteiger partial charge in [-0.15, -0.1) is 0 Å². The van der Waals surface area contributed by atoms with Crippen molar-refractivity contribution in [1.82, 2.24) is 15.5 Å². The topological polar surface area (TPSA) is 44.4 Å². The summed E-state index contributed by atoms with van der Waals surface area (Å²) in [6.45, 7) is 3.32.